The highest BCUT2D eigenvalue weighted by Gasteiger charge is 2.18. The summed E-state index contributed by atoms with van der Waals surface area (Å²) in [7, 11) is 0. The molecule has 4 rings (SSSR count). The summed E-state index contributed by atoms with van der Waals surface area (Å²) < 4.78 is 17.2. The Kier molecular flexibility index (Phi) is 5.85. The summed E-state index contributed by atoms with van der Waals surface area (Å²) in [5.74, 6) is 2.34. The fraction of sp³-hybridized carbons (Fsp3) is 0.409. The maximum atomic E-state index is 12.2. The quantitative estimate of drug-likeness (QED) is 0.798. The Morgan fingerprint density at radius 1 is 0.964 bits per heavy atom. The molecule has 6 heteroatoms. The van der Waals surface area contributed by atoms with Crippen molar-refractivity contribution >= 4 is 6.03 Å². The van der Waals surface area contributed by atoms with Gasteiger partial charge in [-0.05, 0) is 49.4 Å². The van der Waals surface area contributed by atoms with Crippen LogP contribution < -0.4 is 24.8 Å². The van der Waals surface area contributed by atoms with Gasteiger partial charge in [0.2, 0.25) is 0 Å². The first kappa shape index (κ1) is 18.5. The van der Waals surface area contributed by atoms with Gasteiger partial charge in [-0.2, -0.15) is 0 Å². The molecule has 1 saturated carbocycles. The molecule has 0 bridgehead atoms. The van der Waals surface area contributed by atoms with Crippen molar-refractivity contribution in [3.05, 3.63) is 53.6 Å². The van der Waals surface area contributed by atoms with Gasteiger partial charge < -0.3 is 24.8 Å². The van der Waals surface area contributed by atoms with Crippen molar-refractivity contribution in [2.75, 3.05) is 13.2 Å². The lowest BCUT2D eigenvalue weighted by atomic mass is 10.2. The zero-order valence-electron chi connectivity index (χ0n) is 15.9. The predicted molar refractivity (Wildman–Crippen MR) is 106 cm³/mol. The molecular formula is C22H26N2O4. The number of hydrogen-bond donors (Lipinski definition) is 2. The van der Waals surface area contributed by atoms with Gasteiger partial charge in [-0.1, -0.05) is 24.3 Å². The van der Waals surface area contributed by atoms with E-state index in [1.54, 1.807) is 0 Å². The maximum Gasteiger partial charge on any atom is 0.315 e. The minimum Gasteiger partial charge on any atom is -0.490 e. The largest absolute Gasteiger partial charge is 0.490 e. The van der Waals surface area contributed by atoms with Gasteiger partial charge in [0, 0.05) is 18.7 Å². The molecule has 0 unspecified atom stereocenters. The number of hydrogen-bond acceptors (Lipinski definition) is 4. The third-order valence-corrected chi connectivity index (χ3v) is 5.07. The van der Waals surface area contributed by atoms with E-state index in [4.69, 9.17) is 14.2 Å². The number of ether oxygens (including phenoxy) is 3. The van der Waals surface area contributed by atoms with E-state index in [2.05, 4.69) is 10.6 Å². The second-order valence-electron chi connectivity index (χ2n) is 7.15. The van der Waals surface area contributed by atoms with E-state index < -0.39 is 0 Å². The number of carbonyl (C=O) groups excluding carboxylic acids is 1. The van der Waals surface area contributed by atoms with Crippen LogP contribution in [0.5, 0.6) is 17.2 Å². The van der Waals surface area contributed by atoms with Crippen molar-refractivity contribution in [3.63, 3.8) is 0 Å². The van der Waals surface area contributed by atoms with Crippen LogP contribution in [0.3, 0.4) is 0 Å². The summed E-state index contributed by atoms with van der Waals surface area (Å²) in [6.45, 7) is 1.96. The van der Waals surface area contributed by atoms with Crippen LogP contribution in [0.4, 0.5) is 4.79 Å². The first-order valence-electron chi connectivity index (χ1n) is 9.93. The third-order valence-electron chi connectivity index (χ3n) is 5.07. The molecule has 6 nitrogen and oxygen atoms in total. The van der Waals surface area contributed by atoms with Gasteiger partial charge >= 0.3 is 6.03 Å². The van der Waals surface area contributed by atoms with Crippen LogP contribution in [0.25, 0.3) is 0 Å². The summed E-state index contributed by atoms with van der Waals surface area (Å²) >= 11 is 0. The SMILES string of the molecule is O=C(NCc1ccc2c(c1)OCCO2)NCc1ccccc1OC1CCCC1. The van der Waals surface area contributed by atoms with Gasteiger partial charge in [0.05, 0.1) is 6.10 Å². The summed E-state index contributed by atoms with van der Waals surface area (Å²) in [6.07, 6.45) is 4.97. The van der Waals surface area contributed by atoms with Crippen molar-refractivity contribution in [1.82, 2.24) is 10.6 Å². The number of amides is 2. The zero-order valence-corrected chi connectivity index (χ0v) is 15.9. The van der Waals surface area contributed by atoms with E-state index in [0.29, 0.717) is 32.4 Å². The molecule has 1 fully saturated rings. The second kappa shape index (κ2) is 8.87. The normalized spacial score (nSPS) is 15.9. The van der Waals surface area contributed by atoms with Crippen LogP contribution in [0.15, 0.2) is 42.5 Å². The van der Waals surface area contributed by atoms with Crippen LogP contribution in [0.2, 0.25) is 0 Å². The highest BCUT2D eigenvalue weighted by Crippen LogP contribution is 2.30. The lowest BCUT2D eigenvalue weighted by molar-refractivity contribution is 0.171. The molecule has 2 N–H and O–H groups in total. The van der Waals surface area contributed by atoms with Crippen LogP contribution in [0, 0.1) is 0 Å². The molecule has 2 aliphatic rings. The third kappa shape index (κ3) is 4.68. The van der Waals surface area contributed by atoms with E-state index in [9.17, 15) is 4.79 Å². The molecule has 2 amide bonds. The molecule has 1 heterocycles. The lowest BCUT2D eigenvalue weighted by Gasteiger charge is -2.19. The number of para-hydroxylation sites is 1. The molecule has 0 radical (unpaired) electrons. The van der Waals surface area contributed by atoms with E-state index in [-0.39, 0.29) is 6.03 Å². The number of benzene rings is 2. The number of urea groups is 1. The Hall–Kier alpha value is -2.89. The Morgan fingerprint density at radius 2 is 1.71 bits per heavy atom. The highest BCUT2D eigenvalue weighted by atomic mass is 16.6. The molecule has 148 valence electrons. The molecule has 0 atom stereocenters. The molecule has 28 heavy (non-hydrogen) atoms. The fourth-order valence-corrected chi connectivity index (χ4v) is 3.57. The number of nitrogens with one attached hydrogen (secondary N) is 2. The maximum absolute atomic E-state index is 12.2. The molecule has 1 aliphatic heterocycles. The van der Waals surface area contributed by atoms with Crippen molar-refractivity contribution in [2.24, 2.45) is 0 Å². The van der Waals surface area contributed by atoms with Crippen molar-refractivity contribution in [2.45, 2.75) is 44.9 Å². The van der Waals surface area contributed by atoms with Crippen LogP contribution in [-0.4, -0.2) is 25.3 Å². The standard InChI is InChI=1S/C22H26N2O4/c25-22(23-14-16-9-10-20-21(13-16)27-12-11-26-20)24-15-17-5-1-4-8-19(17)28-18-6-2-3-7-18/h1,4-5,8-10,13,18H,2-3,6-7,11-12,14-15H2,(H2,23,24,25). The fourth-order valence-electron chi connectivity index (χ4n) is 3.57. The van der Waals surface area contributed by atoms with Crippen LogP contribution in [-0.2, 0) is 13.1 Å². The molecule has 0 spiro atoms. The highest BCUT2D eigenvalue weighted by molar-refractivity contribution is 5.74. The molecule has 1 aliphatic carbocycles. The van der Waals surface area contributed by atoms with Gasteiger partial charge in [-0.25, -0.2) is 4.79 Å². The monoisotopic (exact) mass is 382 g/mol. The number of carbonyl (C=O) groups is 1. The molecule has 2 aromatic carbocycles. The minimum absolute atomic E-state index is 0.217. The Bertz CT molecular complexity index is 818. The second-order valence-corrected chi connectivity index (χ2v) is 7.15. The van der Waals surface area contributed by atoms with E-state index in [1.165, 1.54) is 12.8 Å². The molecule has 0 saturated heterocycles. The Balaban J connectivity index is 1.28. The zero-order chi connectivity index (χ0) is 19.2. The van der Waals surface area contributed by atoms with Gasteiger partial charge in [0.25, 0.3) is 0 Å². The first-order chi connectivity index (χ1) is 13.8. The van der Waals surface area contributed by atoms with E-state index >= 15 is 0 Å². The van der Waals surface area contributed by atoms with Gasteiger partial charge in [0.15, 0.2) is 11.5 Å². The number of fused-ring (bicyclic) bond motifs is 1. The Morgan fingerprint density at radius 3 is 2.57 bits per heavy atom. The molecule has 2 aromatic rings. The van der Waals surface area contributed by atoms with E-state index in [0.717, 1.165) is 41.2 Å². The summed E-state index contributed by atoms with van der Waals surface area (Å²) in [4.78, 5) is 12.2. The molecular weight excluding hydrogens is 356 g/mol. The van der Waals surface area contributed by atoms with E-state index in [1.807, 2.05) is 42.5 Å². The van der Waals surface area contributed by atoms with Gasteiger partial charge in [0.1, 0.15) is 19.0 Å². The van der Waals surface area contributed by atoms with Crippen molar-refractivity contribution in [3.8, 4) is 17.2 Å². The predicted octanol–water partition coefficient (Wildman–Crippen LogP) is 3.78. The van der Waals surface area contributed by atoms with Crippen LogP contribution in [0.1, 0.15) is 36.8 Å². The average Bonchev–Trinajstić information content (AvgIpc) is 3.24. The smallest absolute Gasteiger partial charge is 0.315 e. The topological polar surface area (TPSA) is 68.8 Å². The molecule has 0 aromatic heterocycles. The summed E-state index contributed by atoms with van der Waals surface area (Å²) in [5.41, 5.74) is 1.95. The average molecular weight is 382 g/mol. The number of rotatable bonds is 6. The lowest BCUT2D eigenvalue weighted by Crippen LogP contribution is -2.34. The van der Waals surface area contributed by atoms with Crippen LogP contribution >= 0.6 is 0 Å². The Labute approximate surface area is 165 Å². The van der Waals surface area contributed by atoms with Gasteiger partial charge in [-0.15, -0.1) is 0 Å². The first-order valence-corrected chi connectivity index (χ1v) is 9.93. The summed E-state index contributed by atoms with van der Waals surface area (Å²) in [6, 6.07) is 13.4. The van der Waals surface area contributed by atoms with Crippen molar-refractivity contribution in [1.29, 1.82) is 0 Å². The minimum atomic E-state index is -0.217. The summed E-state index contributed by atoms with van der Waals surface area (Å²) in [5, 5.41) is 5.79. The van der Waals surface area contributed by atoms with Crippen molar-refractivity contribution < 1.29 is 19.0 Å². The van der Waals surface area contributed by atoms with Gasteiger partial charge in [-0.3, -0.25) is 0 Å².